The molecule has 8 nitrogen and oxygen atoms in total. The number of ether oxygens (including phenoxy) is 1. The predicted octanol–water partition coefficient (Wildman–Crippen LogP) is 4.78. The number of benzene rings is 3. The molecule has 0 radical (unpaired) electrons. The quantitative estimate of drug-likeness (QED) is 0.198. The number of nitrogens with one attached hydrogen (secondary N) is 1. The van der Waals surface area contributed by atoms with Crippen molar-refractivity contribution in [3.8, 4) is 11.1 Å². The molecule has 0 bridgehead atoms. The first kappa shape index (κ1) is 30.3. The number of sulfone groups is 1. The number of amides is 1. The highest BCUT2D eigenvalue weighted by Gasteiger charge is 2.25. The Hall–Kier alpha value is -4.64. The van der Waals surface area contributed by atoms with Gasteiger partial charge in [0.15, 0.2) is 0 Å². The molecule has 4 aromatic rings. The standard InChI is InChI=1S/C31H29F2N3O5S/c1-41-31(38)29(13-16-42(2,39)40)35-30(37)27-12-3-21(18-28(27)23-6-10-26(33)11-7-23)17-24(19-36-15-14-34-20-36)22-4-8-25(32)9-5-22/h3-12,14-15,17-18,20,29H,13,16,19H2,1-2H3,(H,35,37)/t29-/m0/s1. The molecule has 0 spiro atoms. The first-order valence-corrected chi connectivity index (χ1v) is 15.0. The molecule has 3 aromatic carbocycles. The molecule has 4 rings (SSSR count). The molecular weight excluding hydrogens is 564 g/mol. The molecule has 42 heavy (non-hydrogen) atoms. The monoisotopic (exact) mass is 593 g/mol. The maximum atomic E-state index is 13.8. The number of nitrogens with zero attached hydrogens (tertiary/aromatic N) is 2. The maximum absolute atomic E-state index is 13.8. The van der Waals surface area contributed by atoms with Crippen LogP contribution in [-0.2, 0) is 25.9 Å². The van der Waals surface area contributed by atoms with Crippen molar-refractivity contribution in [1.82, 2.24) is 14.9 Å². The third-order valence-electron chi connectivity index (χ3n) is 6.48. The molecule has 1 atom stereocenters. The summed E-state index contributed by atoms with van der Waals surface area (Å²) in [6, 6.07) is 15.5. The van der Waals surface area contributed by atoms with E-state index in [0.717, 1.165) is 24.5 Å². The van der Waals surface area contributed by atoms with Crippen molar-refractivity contribution in [2.24, 2.45) is 0 Å². The van der Waals surface area contributed by atoms with Gasteiger partial charge in [0.25, 0.3) is 5.91 Å². The topological polar surface area (TPSA) is 107 Å². The smallest absolute Gasteiger partial charge is 0.328 e. The minimum atomic E-state index is -3.41. The molecule has 0 unspecified atom stereocenters. The van der Waals surface area contributed by atoms with Gasteiger partial charge in [-0.3, -0.25) is 4.79 Å². The summed E-state index contributed by atoms with van der Waals surface area (Å²) in [6.45, 7) is 0.431. The lowest BCUT2D eigenvalue weighted by atomic mass is 9.94. The zero-order valence-electron chi connectivity index (χ0n) is 23.0. The lowest BCUT2D eigenvalue weighted by Crippen LogP contribution is -2.42. The minimum Gasteiger partial charge on any atom is -0.467 e. The molecular formula is C31H29F2N3O5S. The number of esters is 1. The number of aromatic nitrogens is 2. The highest BCUT2D eigenvalue weighted by molar-refractivity contribution is 7.90. The number of imidazole rings is 1. The van der Waals surface area contributed by atoms with E-state index in [4.69, 9.17) is 4.74 Å². The van der Waals surface area contributed by atoms with Crippen molar-refractivity contribution in [1.29, 1.82) is 0 Å². The lowest BCUT2D eigenvalue weighted by Gasteiger charge is -2.18. The van der Waals surface area contributed by atoms with Crippen molar-refractivity contribution < 1.29 is 31.5 Å². The Morgan fingerprint density at radius 1 is 1.02 bits per heavy atom. The Morgan fingerprint density at radius 2 is 1.69 bits per heavy atom. The van der Waals surface area contributed by atoms with Crippen LogP contribution in [0.2, 0.25) is 0 Å². The fourth-order valence-electron chi connectivity index (χ4n) is 4.34. The van der Waals surface area contributed by atoms with Crippen LogP contribution in [0.5, 0.6) is 0 Å². The van der Waals surface area contributed by atoms with Crippen molar-refractivity contribution in [3.63, 3.8) is 0 Å². The van der Waals surface area contributed by atoms with Gasteiger partial charge in [0.1, 0.15) is 27.5 Å². The molecule has 0 aliphatic heterocycles. The van der Waals surface area contributed by atoms with E-state index in [0.29, 0.717) is 23.2 Å². The van der Waals surface area contributed by atoms with Gasteiger partial charge in [-0.1, -0.05) is 30.3 Å². The number of carbonyl (C=O) groups excluding carboxylic acids is 2. The van der Waals surface area contributed by atoms with E-state index in [9.17, 15) is 26.8 Å². The van der Waals surface area contributed by atoms with Gasteiger partial charge >= 0.3 is 5.97 Å². The molecule has 1 aromatic heterocycles. The van der Waals surface area contributed by atoms with E-state index >= 15 is 0 Å². The summed E-state index contributed by atoms with van der Waals surface area (Å²) in [7, 11) is -2.26. The number of halogens is 2. The summed E-state index contributed by atoms with van der Waals surface area (Å²) in [4.78, 5) is 29.9. The van der Waals surface area contributed by atoms with Crippen LogP contribution in [0.4, 0.5) is 8.78 Å². The highest BCUT2D eigenvalue weighted by Crippen LogP contribution is 2.29. The van der Waals surface area contributed by atoms with E-state index in [1.807, 2.05) is 10.6 Å². The van der Waals surface area contributed by atoms with Crippen molar-refractivity contribution in [2.75, 3.05) is 19.1 Å². The van der Waals surface area contributed by atoms with E-state index in [-0.39, 0.29) is 23.6 Å². The molecule has 0 saturated carbocycles. The number of carbonyl (C=O) groups is 2. The van der Waals surface area contributed by atoms with Gasteiger partial charge < -0.3 is 14.6 Å². The summed E-state index contributed by atoms with van der Waals surface area (Å²) in [5.41, 5.74) is 3.50. The summed E-state index contributed by atoms with van der Waals surface area (Å²) >= 11 is 0. The van der Waals surface area contributed by atoms with E-state index < -0.39 is 33.6 Å². The van der Waals surface area contributed by atoms with E-state index in [1.54, 1.807) is 49.1 Å². The van der Waals surface area contributed by atoms with Gasteiger partial charge in [-0.15, -0.1) is 0 Å². The van der Waals surface area contributed by atoms with E-state index in [1.165, 1.54) is 36.4 Å². The molecule has 0 aliphatic carbocycles. The van der Waals surface area contributed by atoms with Crippen molar-refractivity contribution in [3.05, 3.63) is 114 Å². The molecule has 1 heterocycles. The molecule has 0 saturated heterocycles. The van der Waals surface area contributed by atoms with Gasteiger partial charge in [0.05, 0.1) is 19.2 Å². The third kappa shape index (κ3) is 8.20. The number of methoxy groups -OCH3 is 1. The second-order valence-corrected chi connectivity index (χ2v) is 12.0. The van der Waals surface area contributed by atoms with Gasteiger partial charge in [-0.25, -0.2) is 27.0 Å². The van der Waals surface area contributed by atoms with E-state index in [2.05, 4.69) is 10.3 Å². The van der Waals surface area contributed by atoms with Crippen LogP contribution in [0.25, 0.3) is 22.8 Å². The Balaban J connectivity index is 1.75. The van der Waals surface area contributed by atoms with Crippen LogP contribution >= 0.6 is 0 Å². The molecule has 218 valence electrons. The normalized spacial score (nSPS) is 12.5. The first-order chi connectivity index (χ1) is 20.0. The van der Waals surface area contributed by atoms with Crippen LogP contribution < -0.4 is 5.32 Å². The number of hydrogen-bond acceptors (Lipinski definition) is 6. The van der Waals surface area contributed by atoms with Gasteiger partial charge in [0.2, 0.25) is 0 Å². The van der Waals surface area contributed by atoms with Gasteiger partial charge in [-0.05, 0) is 76.7 Å². The number of rotatable bonds is 11. The average Bonchev–Trinajstić information content (AvgIpc) is 3.48. The summed E-state index contributed by atoms with van der Waals surface area (Å²) in [6.07, 6.45) is 7.88. The number of hydrogen-bond donors (Lipinski definition) is 1. The van der Waals surface area contributed by atoms with Crippen LogP contribution in [0.15, 0.2) is 85.5 Å². The largest absolute Gasteiger partial charge is 0.467 e. The first-order valence-electron chi connectivity index (χ1n) is 12.9. The summed E-state index contributed by atoms with van der Waals surface area (Å²) < 4.78 is 57.4. The lowest BCUT2D eigenvalue weighted by molar-refractivity contribution is -0.142. The second kappa shape index (κ2) is 13.3. The van der Waals surface area contributed by atoms with Crippen LogP contribution in [-0.4, -0.2) is 55.0 Å². The SMILES string of the molecule is COC(=O)[C@H](CCS(C)(=O)=O)NC(=O)c1ccc(C=C(Cn2ccnc2)c2ccc(F)cc2)cc1-c1ccc(F)cc1. The highest BCUT2D eigenvalue weighted by atomic mass is 32.2. The predicted molar refractivity (Wildman–Crippen MR) is 156 cm³/mol. The minimum absolute atomic E-state index is 0.167. The summed E-state index contributed by atoms with van der Waals surface area (Å²) in [5, 5.41) is 2.59. The molecule has 0 fully saturated rings. The van der Waals surface area contributed by atoms with Crippen molar-refractivity contribution >= 4 is 33.4 Å². The number of allylic oxidation sites excluding steroid dienone is 1. The second-order valence-electron chi connectivity index (χ2n) is 9.69. The molecule has 0 aliphatic rings. The Labute approximate surface area is 242 Å². The molecule has 1 amide bonds. The average molecular weight is 594 g/mol. The van der Waals surface area contributed by atoms with Crippen molar-refractivity contribution in [2.45, 2.75) is 19.0 Å². The van der Waals surface area contributed by atoms with Crippen LogP contribution in [0.3, 0.4) is 0 Å². The Morgan fingerprint density at radius 3 is 2.29 bits per heavy atom. The zero-order chi connectivity index (χ0) is 30.3. The fourth-order valence-corrected chi connectivity index (χ4v) is 5.00. The van der Waals surface area contributed by atoms with Crippen LogP contribution in [0.1, 0.15) is 27.9 Å². The Bertz CT molecular complexity index is 1690. The molecule has 11 heteroatoms. The van der Waals surface area contributed by atoms with Gasteiger partial charge in [0, 0.05) is 30.8 Å². The Kier molecular flexibility index (Phi) is 9.64. The van der Waals surface area contributed by atoms with Crippen LogP contribution in [0, 0.1) is 11.6 Å². The van der Waals surface area contributed by atoms with Gasteiger partial charge in [-0.2, -0.15) is 0 Å². The summed E-state index contributed by atoms with van der Waals surface area (Å²) in [5.74, 6) is -2.56. The zero-order valence-corrected chi connectivity index (χ0v) is 23.8. The maximum Gasteiger partial charge on any atom is 0.328 e. The third-order valence-corrected chi connectivity index (χ3v) is 7.46. The fraction of sp³-hybridized carbons (Fsp3) is 0.194. The molecule has 1 N–H and O–H groups in total.